The summed E-state index contributed by atoms with van der Waals surface area (Å²) in [6.45, 7) is 6.72. The fourth-order valence-corrected chi connectivity index (χ4v) is 3.52. The second-order valence-electron chi connectivity index (χ2n) is 5.25. The lowest BCUT2D eigenvalue weighted by Gasteiger charge is -2.26. The van der Waals surface area contributed by atoms with Crippen LogP contribution < -0.4 is 4.90 Å². The molecule has 2 rings (SSSR count). The summed E-state index contributed by atoms with van der Waals surface area (Å²) in [6, 6.07) is 0. The number of carbonyl (C=O) groups excluding carboxylic acids is 1. The number of nitrogens with zero attached hydrogens (tertiary/aromatic N) is 2. The zero-order valence-electron chi connectivity index (χ0n) is 11.9. The molecule has 4 nitrogen and oxygen atoms in total. The van der Waals surface area contributed by atoms with Gasteiger partial charge >= 0.3 is 5.97 Å². The van der Waals surface area contributed by atoms with E-state index in [-0.39, 0.29) is 12.4 Å². The first-order valence-corrected chi connectivity index (χ1v) is 7.76. The van der Waals surface area contributed by atoms with Crippen molar-refractivity contribution < 1.29 is 9.53 Å². The molecule has 5 heteroatoms. The maximum atomic E-state index is 11.2. The van der Waals surface area contributed by atoms with Crippen LogP contribution in [-0.2, 0) is 16.0 Å². The van der Waals surface area contributed by atoms with Crippen molar-refractivity contribution in [2.45, 2.75) is 39.5 Å². The highest BCUT2D eigenvalue weighted by Crippen LogP contribution is 2.39. The van der Waals surface area contributed by atoms with Crippen molar-refractivity contribution >= 4 is 22.4 Å². The van der Waals surface area contributed by atoms with E-state index in [0.717, 1.165) is 23.9 Å². The summed E-state index contributed by atoms with van der Waals surface area (Å²) in [7, 11) is 1.41. The van der Waals surface area contributed by atoms with E-state index in [1.54, 1.807) is 11.3 Å². The molecule has 2 heterocycles. The van der Waals surface area contributed by atoms with E-state index >= 15 is 0 Å². The lowest BCUT2D eigenvalue weighted by Crippen LogP contribution is -2.26. The Morgan fingerprint density at radius 2 is 2.26 bits per heavy atom. The summed E-state index contributed by atoms with van der Waals surface area (Å²) >= 11 is 1.63. The van der Waals surface area contributed by atoms with Crippen molar-refractivity contribution in [2.75, 3.05) is 25.1 Å². The van der Waals surface area contributed by atoms with Crippen LogP contribution in [-0.4, -0.2) is 31.2 Å². The van der Waals surface area contributed by atoms with Gasteiger partial charge in [-0.2, -0.15) is 0 Å². The maximum absolute atomic E-state index is 11.2. The van der Waals surface area contributed by atoms with Crippen LogP contribution in [0.4, 0.5) is 5.13 Å². The first-order chi connectivity index (χ1) is 9.12. The number of ether oxygens (including phenoxy) is 1. The van der Waals surface area contributed by atoms with Gasteiger partial charge in [-0.05, 0) is 24.7 Å². The van der Waals surface area contributed by atoms with Crippen LogP contribution in [0.1, 0.15) is 38.8 Å². The molecule has 0 aromatic carbocycles. The van der Waals surface area contributed by atoms with E-state index in [0.29, 0.717) is 5.41 Å². The van der Waals surface area contributed by atoms with Crippen LogP contribution in [0.3, 0.4) is 0 Å². The average Bonchev–Trinajstić information content (AvgIpc) is 3.05. The van der Waals surface area contributed by atoms with E-state index in [1.807, 2.05) is 5.38 Å². The number of hydrogen-bond acceptors (Lipinski definition) is 5. The van der Waals surface area contributed by atoms with Gasteiger partial charge in [0.15, 0.2) is 5.13 Å². The molecule has 0 spiro atoms. The van der Waals surface area contributed by atoms with E-state index in [1.165, 1.54) is 26.4 Å². The van der Waals surface area contributed by atoms with Crippen molar-refractivity contribution in [3.05, 3.63) is 11.1 Å². The molecule has 1 saturated heterocycles. The minimum Gasteiger partial charge on any atom is -0.469 e. The summed E-state index contributed by atoms with van der Waals surface area (Å²) in [5.41, 5.74) is 1.27. The number of rotatable bonds is 5. The zero-order valence-corrected chi connectivity index (χ0v) is 12.8. The Balaban J connectivity index is 2.02. The number of hydrogen-bond donors (Lipinski definition) is 0. The van der Waals surface area contributed by atoms with Crippen molar-refractivity contribution in [3.63, 3.8) is 0 Å². The summed E-state index contributed by atoms with van der Waals surface area (Å²) in [5, 5.41) is 3.01. The monoisotopic (exact) mass is 282 g/mol. The Labute approximate surface area is 118 Å². The van der Waals surface area contributed by atoms with Gasteiger partial charge in [-0.15, -0.1) is 11.3 Å². The highest BCUT2D eigenvalue weighted by Gasteiger charge is 2.35. The molecule has 0 bridgehead atoms. The molecule has 1 aliphatic heterocycles. The number of esters is 1. The van der Waals surface area contributed by atoms with Crippen molar-refractivity contribution in [1.82, 2.24) is 4.98 Å². The first-order valence-electron chi connectivity index (χ1n) is 6.88. The van der Waals surface area contributed by atoms with Gasteiger partial charge in [0, 0.05) is 18.5 Å². The molecule has 0 unspecified atom stereocenters. The smallest absolute Gasteiger partial charge is 0.311 e. The molecule has 0 atom stereocenters. The molecule has 0 amide bonds. The Morgan fingerprint density at radius 1 is 1.53 bits per heavy atom. The largest absolute Gasteiger partial charge is 0.469 e. The third-order valence-electron chi connectivity index (χ3n) is 4.30. The van der Waals surface area contributed by atoms with E-state index in [9.17, 15) is 4.79 Å². The van der Waals surface area contributed by atoms with Gasteiger partial charge in [-0.1, -0.05) is 13.8 Å². The van der Waals surface area contributed by atoms with Crippen LogP contribution in [0.25, 0.3) is 0 Å². The molecule has 0 N–H and O–H groups in total. The summed E-state index contributed by atoms with van der Waals surface area (Å²) in [4.78, 5) is 18.2. The fourth-order valence-electron chi connectivity index (χ4n) is 2.67. The van der Waals surface area contributed by atoms with Crippen molar-refractivity contribution in [2.24, 2.45) is 5.41 Å². The van der Waals surface area contributed by atoms with E-state index in [4.69, 9.17) is 0 Å². The van der Waals surface area contributed by atoms with Gasteiger partial charge in [0.25, 0.3) is 0 Å². The molecule has 106 valence electrons. The minimum absolute atomic E-state index is 0.227. The molecule has 1 fully saturated rings. The molecule has 0 aliphatic carbocycles. The predicted molar refractivity (Wildman–Crippen MR) is 77.7 cm³/mol. The lowest BCUT2D eigenvalue weighted by molar-refractivity contribution is -0.139. The van der Waals surface area contributed by atoms with Crippen LogP contribution in [0.15, 0.2) is 5.38 Å². The number of anilines is 1. The van der Waals surface area contributed by atoms with Crippen LogP contribution in [0, 0.1) is 5.41 Å². The molecule has 0 radical (unpaired) electrons. The van der Waals surface area contributed by atoms with Gasteiger partial charge in [0.2, 0.25) is 0 Å². The van der Waals surface area contributed by atoms with Crippen molar-refractivity contribution in [3.8, 4) is 0 Å². The Hall–Kier alpha value is -1.10. The van der Waals surface area contributed by atoms with Crippen LogP contribution in [0.2, 0.25) is 0 Å². The Bertz CT molecular complexity index is 440. The Kier molecular flexibility index (Phi) is 4.45. The molecular weight excluding hydrogens is 260 g/mol. The number of aromatic nitrogens is 1. The quantitative estimate of drug-likeness (QED) is 0.779. The number of methoxy groups -OCH3 is 1. The minimum atomic E-state index is -0.227. The number of carbonyl (C=O) groups is 1. The molecule has 1 aliphatic rings. The molecule has 0 saturated carbocycles. The van der Waals surface area contributed by atoms with Gasteiger partial charge in [-0.25, -0.2) is 4.98 Å². The third-order valence-corrected chi connectivity index (χ3v) is 5.25. The van der Waals surface area contributed by atoms with Crippen molar-refractivity contribution in [1.29, 1.82) is 0 Å². The van der Waals surface area contributed by atoms with E-state index in [2.05, 4.69) is 28.5 Å². The Morgan fingerprint density at radius 3 is 2.84 bits per heavy atom. The third kappa shape index (κ3) is 3.08. The highest BCUT2D eigenvalue weighted by molar-refractivity contribution is 7.13. The molecule has 19 heavy (non-hydrogen) atoms. The average molecular weight is 282 g/mol. The predicted octanol–water partition coefficient (Wildman–Crippen LogP) is 2.88. The van der Waals surface area contributed by atoms with Gasteiger partial charge in [-0.3, -0.25) is 4.79 Å². The van der Waals surface area contributed by atoms with Crippen LogP contribution in [0.5, 0.6) is 0 Å². The summed E-state index contributed by atoms with van der Waals surface area (Å²) in [5.74, 6) is -0.227. The number of thiazole rings is 1. The van der Waals surface area contributed by atoms with Crippen LogP contribution >= 0.6 is 11.3 Å². The van der Waals surface area contributed by atoms with Gasteiger partial charge in [0.05, 0.1) is 19.2 Å². The topological polar surface area (TPSA) is 42.4 Å². The normalized spacial score (nSPS) is 17.7. The summed E-state index contributed by atoms with van der Waals surface area (Å²) < 4.78 is 4.67. The zero-order chi connectivity index (χ0) is 13.9. The SMILES string of the molecule is CCC1(CC)CCN(c2nc(CC(=O)OC)cs2)C1. The maximum Gasteiger partial charge on any atom is 0.311 e. The molecular formula is C14H22N2O2S. The highest BCUT2D eigenvalue weighted by atomic mass is 32.1. The first kappa shape index (κ1) is 14.3. The molecule has 1 aromatic heterocycles. The lowest BCUT2D eigenvalue weighted by atomic mass is 9.82. The second-order valence-corrected chi connectivity index (χ2v) is 6.09. The second kappa shape index (κ2) is 5.90. The van der Waals surface area contributed by atoms with Gasteiger partial charge < -0.3 is 9.64 Å². The van der Waals surface area contributed by atoms with Gasteiger partial charge in [0.1, 0.15) is 0 Å². The van der Waals surface area contributed by atoms with E-state index < -0.39 is 0 Å². The molecule has 1 aromatic rings. The fraction of sp³-hybridized carbons (Fsp3) is 0.714. The standard InChI is InChI=1S/C14H22N2O2S/c1-4-14(5-2)6-7-16(10-14)13-15-11(9-19-13)8-12(17)18-3/h9H,4-8,10H2,1-3H3. The summed E-state index contributed by atoms with van der Waals surface area (Å²) in [6.07, 6.45) is 3.96.